The summed E-state index contributed by atoms with van der Waals surface area (Å²) in [6, 6.07) is 0. The molecule has 2 aliphatic rings. The number of allylic oxidation sites excluding steroid dienone is 1. The number of hydrogen-bond donors (Lipinski definition) is 2. The standard InChI is InChI=1S/C14H24O2/c1-8(2)10-6-12-9(3)4-5-11(12)14(16)13(15)7-10/h6,8-9,11-16H,4-5,7H2,1-3H3/t9-,11-,12?,13-,14+/m1/s1. The smallest absolute Gasteiger partial charge is 0.0839 e. The van der Waals surface area contributed by atoms with Crippen LogP contribution < -0.4 is 0 Å². The maximum Gasteiger partial charge on any atom is 0.0839 e. The predicted octanol–water partition coefficient (Wildman–Crippen LogP) is 2.36. The van der Waals surface area contributed by atoms with Gasteiger partial charge in [-0.15, -0.1) is 0 Å². The number of rotatable bonds is 1. The van der Waals surface area contributed by atoms with E-state index in [1.54, 1.807) is 0 Å². The van der Waals surface area contributed by atoms with E-state index in [0.717, 1.165) is 6.42 Å². The third-order valence-electron chi connectivity index (χ3n) is 4.53. The number of fused-ring (bicyclic) bond motifs is 1. The molecule has 0 bridgehead atoms. The van der Waals surface area contributed by atoms with E-state index in [-0.39, 0.29) is 5.92 Å². The van der Waals surface area contributed by atoms with Crippen molar-refractivity contribution in [2.45, 2.75) is 52.2 Å². The normalized spacial score (nSPS) is 44.1. The summed E-state index contributed by atoms with van der Waals surface area (Å²) in [5, 5.41) is 20.2. The van der Waals surface area contributed by atoms with Gasteiger partial charge in [-0.1, -0.05) is 32.4 Å². The Morgan fingerprint density at radius 2 is 1.94 bits per heavy atom. The van der Waals surface area contributed by atoms with Crippen LogP contribution in [0.3, 0.4) is 0 Å². The third kappa shape index (κ3) is 2.05. The van der Waals surface area contributed by atoms with Crippen LogP contribution in [-0.4, -0.2) is 22.4 Å². The second-order valence-corrected chi connectivity index (χ2v) is 5.95. The molecule has 2 N–H and O–H groups in total. The first-order valence-electron chi connectivity index (χ1n) is 6.57. The Morgan fingerprint density at radius 1 is 1.25 bits per heavy atom. The minimum Gasteiger partial charge on any atom is -0.390 e. The monoisotopic (exact) mass is 224 g/mol. The van der Waals surface area contributed by atoms with E-state index < -0.39 is 12.2 Å². The van der Waals surface area contributed by atoms with Gasteiger partial charge in [-0.25, -0.2) is 0 Å². The summed E-state index contributed by atoms with van der Waals surface area (Å²) < 4.78 is 0. The molecule has 92 valence electrons. The van der Waals surface area contributed by atoms with Crippen LogP contribution in [0.2, 0.25) is 0 Å². The fourth-order valence-electron chi connectivity index (χ4n) is 3.34. The van der Waals surface area contributed by atoms with Crippen molar-refractivity contribution in [2.24, 2.45) is 23.7 Å². The molecule has 2 heteroatoms. The largest absolute Gasteiger partial charge is 0.390 e. The Morgan fingerprint density at radius 3 is 2.56 bits per heavy atom. The molecular formula is C14H24O2. The van der Waals surface area contributed by atoms with Crippen LogP contribution in [-0.2, 0) is 0 Å². The van der Waals surface area contributed by atoms with Gasteiger partial charge in [0.25, 0.3) is 0 Å². The zero-order valence-corrected chi connectivity index (χ0v) is 10.6. The second-order valence-electron chi connectivity index (χ2n) is 5.95. The van der Waals surface area contributed by atoms with Crippen LogP contribution in [0.25, 0.3) is 0 Å². The van der Waals surface area contributed by atoms with E-state index in [1.165, 1.54) is 12.0 Å². The first-order chi connectivity index (χ1) is 7.50. The summed E-state index contributed by atoms with van der Waals surface area (Å²) in [5.74, 6) is 1.89. The highest BCUT2D eigenvalue weighted by molar-refractivity contribution is 5.15. The Labute approximate surface area is 98.4 Å². The molecule has 0 aromatic carbocycles. The molecule has 0 aliphatic heterocycles. The summed E-state index contributed by atoms with van der Waals surface area (Å²) in [7, 11) is 0. The third-order valence-corrected chi connectivity index (χ3v) is 4.53. The summed E-state index contributed by atoms with van der Waals surface area (Å²) in [6.07, 6.45) is 4.16. The maximum absolute atomic E-state index is 10.2. The van der Waals surface area contributed by atoms with Crippen LogP contribution in [0, 0.1) is 23.7 Å². The lowest BCUT2D eigenvalue weighted by Crippen LogP contribution is -2.34. The molecule has 1 fully saturated rings. The van der Waals surface area contributed by atoms with Gasteiger partial charge in [0.15, 0.2) is 0 Å². The number of aliphatic hydroxyl groups is 2. The summed E-state index contributed by atoms with van der Waals surface area (Å²) in [5.41, 5.74) is 1.33. The summed E-state index contributed by atoms with van der Waals surface area (Å²) >= 11 is 0. The molecule has 2 rings (SSSR count). The lowest BCUT2D eigenvalue weighted by atomic mass is 9.86. The molecule has 0 aromatic rings. The maximum atomic E-state index is 10.2. The molecule has 0 heterocycles. The van der Waals surface area contributed by atoms with Crippen molar-refractivity contribution in [3.05, 3.63) is 11.6 Å². The molecule has 5 atom stereocenters. The van der Waals surface area contributed by atoms with Crippen molar-refractivity contribution in [2.75, 3.05) is 0 Å². The van der Waals surface area contributed by atoms with E-state index in [0.29, 0.717) is 24.2 Å². The minimum absolute atomic E-state index is 0.279. The average Bonchev–Trinajstić information content (AvgIpc) is 2.51. The Kier molecular flexibility index (Phi) is 3.41. The fourth-order valence-corrected chi connectivity index (χ4v) is 3.34. The highest BCUT2D eigenvalue weighted by Gasteiger charge is 2.41. The first kappa shape index (κ1) is 12.1. The van der Waals surface area contributed by atoms with Gasteiger partial charge >= 0.3 is 0 Å². The average molecular weight is 224 g/mol. The van der Waals surface area contributed by atoms with E-state index in [4.69, 9.17) is 0 Å². The quantitative estimate of drug-likeness (QED) is 0.671. The topological polar surface area (TPSA) is 40.5 Å². The lowest BCUT2D eigenvalue weighted by molar-refractivity contribution is -0.0205. The SMILES string of the molecule is CC(C)C1=CC2[C@H](C)CC[C@H]2[C@H](O)[C@H](O)C1. The van der Waals surface area contributed by atoms with E-state index >= 15 is 0 Å². The lowest BCUT2D eigenvalue weighted by Gasteiger charge is -2.25. The van der Waals surface area contributed by atoms with Gasteiger partial charge in [0, 0.05) is 0 Å². The van der Waals surface area contributed by atoms with Crippen molar-refractivity contribution in [1.82, 2.24) is 0 Å². The van der Waals surface area contributed by atoms with Crippen molar-refractivity contribution < 1.29 is 10.2 Å². The second kappa shape index (κ2) is 4.50. The molecule has 2 nitrogen and oxygen atoms in total. The van der Waals surface area contributed by atoms with E-state index in [1.807, 2.05) is 0 Å². The molecule has 0 radical (unpaired) electrons. The van der Waals surface area contributed by atoms with Crippen molar-refractivity contribution in [3.63, 3.8) is 0 Å². The zero-order valence-electron chi connectivity index (χ0n) is 10.6. The van der Waals surface area contributed by atoms with Crippen LogP contribution in [0.1, 0.15) is 40.0 Å². The van der Waals surface area contributed by atoms with Crippen LogP contribution in [0.4, 0.5) is 0 Å². The Hall–Kier alpha value is -0.340. The zero-order chi connectivity index (χ0) is 11.9. The molecule has 0 aromatic heterocycles. The predicted molar refractivity (Wildman–Crippen MR) is 64.9 cm³/mol. The van der Waals surface area contributed by atoms with Gasteiger partial charge in [-0.2, -0.15) is 0 Å². The molecule has 1 unspecified atom stereocenters. The van der Waals surface area contributed by atoms with Crippen molar-refractivity contribution in [3.8, 4) is 0 Å². The molecular weight excluding hydrogens is 200 g/mol. The summed E-state index contributed by atoms with van der Waals surface area (Å²) in [4.78, 5) is 0. The van der Waals surface area contributed by atoms with Gasteiger partial charge < -0.3 is 10.2 Å². The van der Waals surface area contributed by atoms with Gasteiger partial charge in [0.2, 0.25) is 0 Å². The van der Waals surface area contributed by atoms with Gasteiger partial charge in [-0.05, 0) is 42.9 Å². The van der Waals surface area contributed by atoms with E-state index in [9.17, 15) is 10.2 Å². The van der Waals surface area contributed by atoms with Crippen molar-refractivity contribution in [1.29, 1.82) is 0 Å². The highest BCUT2D eigenvalue weighted by atomic mass is 16.3. The van der Waals surface area contributed by atoms with Crippen LogP contribution >= 0.6 is 0 Å². The van der Waals surface area contributed by atoms with Gasteiger partial charge in [-0.3, -0.25) is 0 Å². The van der Waals surface area contributed by atoms with Gasteiger partial charge in [0.1, 0.15) is 0 Å². The molecule has 1 saturated carbocycles. The summed E-state index contributed by atoms with van der Waals surface area (Å²) in [6.45, 7) is 6.61. The van der Waals surface area contributed by atoms with Crippen molar-refractivity contribution >= 4 is 0 Å². The highest BCUT2D eigenvalue weighted by Crippen LogP contribution is 2.44. The molecule has 0 saturated heterocycles. The number of aliphatic hydroxyl groups excluding tert-OH is 2. The van der Waals surface area contributed by atoms with E-state index in [2.05, 4.69) is 26.8 Å². The number of hydrogen-bond acceptors (Lipinski definition) is 2. The van der Waals surface area contributed by atoms with Crippen LogP contribution in [0.5, 0.6) is 0 Å². The van der Waals surface area contributed by atoms with Crippen LogP contribution in [0.15, 0.2) is 11.6 Å². The molecule has 0 spiro atoms. The minimum atomic E-state index is -0.561. The molecule has 0 amide bonds. The Bertz CT molecular complexity index is 282. The van der Waals surface area contributed by atoms with Gasteiger partial charge in [0.05, 0.1) is 12.2 Å². The fraction of sp³-hybridized carbons (Fsp3) is 0.857. The first-order valence-corrected chi connectivity index (χ1v) is 6.57. The molecule has 16 heavy (non-hydrogen) atoms. The Balaban J connectivity index is 2.28. The molecule has 2 aliphatic carbocycles.